The third-order valence-corrected chi connectivity index (χ3v) is 7.75. The quantitative estimate of drug-likeness (QED) is 0.693. The number of hydrogen-bond acceptors (Lipinski definition) is 5. The zero-order chi connectivity index (χ0) is 19.7. The fourth-order valence-electron chi connectivity index (χ4n) is 3.62. The molecule has 28 heavy (non-hydrogen) atoms. The van der Waals surface area contributed by atoms with Gasteiger partial charge in [-0.05, 0) is 36.6 Å². The topological polar surface area (TPSA) is 71.4 Å². The number of aromatic nitrogens is 1. The lowest BCUT2D eigenvalue weighted by Gasteiger charge is -2.32. The average molecular weight is 418 g/mol. The van der Waals surface area contributed by atoms with Crippen molar-refractivity contribution in [1.82, 2.24) is 14.2 Å². The summed E-state index contributed by atoms with van der Waals surface area (Å²) in [5.74, 6) is 0. The van der Waals surface area contributed by atoms with Gasteiger partial charge in [-0.1, -0.05) is 41.7 Å². The zero-order valence-corrected chi connectivity index (χ0v) is 17.3. The Morgan fingerprint density at radius 2 is 1.82 bits per heavy atom. The van der Waals surface area contributed by atoms with Crippen LogP contribution >= 0.6 is 11.3 Å². The molecule has 1 fully saturated rings. The van der Waals surface area contributed by atoms with E-state index < -0.39 is 10.0 Å². The van der Waals surface area contributed by atoms with Crippen LogP contribution in [0.15, 0.2) is 58.2 Å². The highest BCUT2D eigenvalue weighted by atomic mass is 32.2. The summed E-state index contributed by atoms with van der Waals surface area (Å²) in [6.45, 7) is 2.62. The van der Waals surface area contributed by atoms with E-state index in [9.17, 15) is 13.2 Å². The summed E-state index contributed by atoms with van der Waals surface area (Å²) in [5.41, 5.74) is 2.03. The van der Waals surface area contributed by atoms with Crippen LogP contribution in [0.3, 0.4) is 0 Å². The van der Waals surface area contributed by atoms with Crippen molar-refractivity contribution in [3.05, 3.63) is 63.8 Å². The molecule has 8 heteroatoms. The first-order valence-corrected chi connectivity index (χ1v) is 11.6. The predicted octanol–water partition coefficient (Wildman–Crippen LogP) is 2.54. The van der Waals surface area contributed by atoms with Crippen LogP contribution in [0.5, 0.6) is 0 Å². The van der Waals surface area contributed by atoms with Crippen molar-refractivity contribution < 1.29 is 8.42 Å². The molecule has 0 unspecified atom stereocenters. The van der Waals surface area contributed by atoms with Crippen LogP contribution in [-0.2, 0) is 23.6 Å². The van der Waals surface area contributed by atoms with Gasteiger partial charge in [-0.25, -0.2) is 13.1 Å². The van der Waals surface area contributed by atoms with Crippen LogP contribution in [0, 0.1) is 0 Å². The summed E-state index contributed by atoms with van der Waals surface area (Å²) >= 11 is 1.06. The van der Waals surface area contributed by atoms with Crippen molar-refractivity contribution in [2.24, 2.45) is 7.05 Å². The standard InChI is InChI=1S/C20H23N3O3S2/c1-22-18-8-7-17(13-19(18)27-20(22)24)28(25,26)21-16-9-11-23(12-10-16)14-15-5-3-2-4-6-15/h2-8,13,16,21H,9-12,14H2,1H3. The average Bonchev–Trinajstić information content (AvgIpc) is 2.97. The maximum Gasteiger partial charge on any atom is 0.307 e. The Morgan fingerprint density at radius 1 is 1.11 bits per heavy atom. The molecule has 0 saturated carbocycles. The number of rotatable bonds is 5. The number of fused-ring (bicyclic) bond motifs is 1. The Bertz CT molecular complexity index is 1130. The molecule has 0 amide bonds. The third kappa shape index (κ3) is 4.05. The minimum absolute atomic E-state index is 0.0674. The van der Waals surface area contributed by atoms with Gasteiger partial charge in [-0.15, -0.1) is 0 Å². The molecule has 1 aromatic heterocycles. The second kappa shape index (κ2) is 7.79. The number of benzene rings is 2. The Balaban J connectivity index is 1.41. The van der Waals surface area contributed by atoms with E-state index in [0.717, 1.165) is 49.3 Å². The Kier molecular flexibility index (Phi) is 5.37. The SMILES string of the molecule is Cn1c(=O)sc2cc(S(=O)(=O)NC3CCN(Cc4ccccc4)CC3)ccc21. The molecule has 1 aliphatic rings. The molecule has 0 spiro atoms. The van der Waals surface area contributed by atoms with E-state index in [-0.39, 0.29) is 15.8 Å². The van der Waals surface area contributed by atoms with E-state index in [1.165, 1.54) is 10.1 Å². The first-order valence-electron chi connectivity index (χ1n) is 9.30. The largest absolute Gasteiger partial charge is 0.307 e. The monoisotopic (exact) mass is 417 g/mol. The molecule has 0 bridgehead atoms. The van der Waals surface area contributed by atoms with E-state index in [4.69, 9.17) is 0 Å². The number of sulfonamides is 1. The van der Waals surface area contributed by atoms with Crippen LogP contribution in [-0.4, -0.2) is 37.0 Å². The van der Waals surface area contributed by atoms with Gasteiger partial charge in [0.25, 0.3) is 0 Å². The minimum atomic E-state index is -3.60. The van der Waals surface area contributed by atoms with Gasteiger partial charge >= 0.3 is 4.87 Å². The smallest absolute Gasteiger partial charge is 0.302 e. The second-order valence-corrected chi connectivity index (χ2v) is 9.92. The molecule has 3 aromatic rings. The molecule has 1 saturated heterocycles. The lowest BCUT2D eigenvalue weighted by Crippen LogP contribution is -2.44. The lowest BCUT2D eigenvalue weighted by molar-refractivity contribution is 0.200. The van der Waals surface area contributed by atoms with E-state index in [0.29, 0.717) is 4.70 Å². The van der Waals surface area contributed by atoms with Crippen LogP contribution in [0.4, 0.5) is 0 Å². The van der Waals surface area contributed by atoms with E-state index in [2.05, 4.69) is 21.8 Å². The molecule has 0 aliphatic carbocycles. The number of hydrogen-bond donors (Lipinski definition) is 1. The highest BCUT2D eigenvalue weighted by Crippen LogP contribution is 2.22. The maximum absolute atomic E-state index is 12.8. The molecule has 0 atom stereocenters. The molecule has 148 valence electrons. The van der Waals surface area contributed by atoms with Gasteiger partial charge in [0.15, 0.2) is 0 Å². The van der Waals surface area contributed by atoms with Crippen LogP contribution in [0.1, 0.15) is 18.4 Å². The molecule has 6 nitrogen and oxygen atoms in total. The lowest BCUT2D eigenvalue weighted by atomic mass is 10.1. The van der Waals surface area contributed by atoms with Crippen molar-refractivity contribution in [2.45, 2.75) is 30.3 Å². The van der Waals surface area contributed by atoms with Gasteiger partial charge < -0.3 is 4.57 Å². The molecule has 1 N–H and O–H groups in total. The van der Waals surface area contributed by atoms with Gasteiger partial charge in [0.05, 0.1) is 15.1 Å². The van der Waals surface area contributed by atoms with Crippen LogP contribution in [0.25, 0.3) is 10.2 Å². The molecule has 2 heterocycles. The van der Waals surface area contributed by atoms with Crippen molar-refractivity contribution in [1.29, 1.82) is 0 Å². The third-order valence-electron chi connectivity index (χ3n) is 5.23. The molecular weight excluding hydrogens is 394 g/mol. The molecule has 1 aliphatic heterocycles. The van der Waals surface area contributed by atoms with E-state index >= 15 is 0 Å². The van der Waals surface area contributed by atoms with Crippen LogP contribution in [0.2, 0.25) is 0 Å². The zero-order valence-electron chi connectivity index (χ0n) is 15.7. The van der Waals surface area contributed by atoms with Crippen molar-refractivity contribution >= 4 is 31.6 Å². The minimum Gasteiger partial charge on any atom is -0.302 e. The first-order chi connectivity index (χ1) is 13.4. The number of nitrogens with one attached hydrogen (secondary N) is 1. The van der Waals surface area contributed by atoms with Crippen molar-refractivity contribution in [3.8, 4) is 0 Å². The number of aryl methyl sites for hydroxylation is 1. The number of nitrogens with zero attached hydrogens (tertiary/aromatic N) is 2. The number of likely N-dealkylation sites (tertiary alicyclic amines) is 1. The summed E-state index contributed by atoms with van der Waals surface area (Å²) < 4.78 is 30.7. The normalized spacial score (nSPS) is 16.6. The molecule has 4 rings (SSSR count). The van der Waals surface area contributed by atoms with Gasteiger partial charge in [0.1, 0.15) is 0 Å². The fraction of sp³-hybridized carbons (Fsp3) is 0.350. The van der Waals surface area contributed by atoms with Gasteiger partial charge in [0.2, 0.25) is 10.0 Å². The van der Waals surface area contributed by atoms with Crippen molar-refractivity contribution in [2.75, 3.05) is 13.1 Å². The number of thiazole rings is 1. The van der Waals surface area contributed by atoms with E-state index in [1.807, 2.05) is 18.2 Å². The fourth-order valence-corrected chi connectivity index (χ4v) is 5.94. The second-order valence-electron chi connectivity index (χ2n) is 7.21. The first kappa shape index (κ1) is 19.3. The van der Waals surface area contributed by atoms with Crippen LogP contribution < -0.4 is 9.60 Å². The molecular formula is C20H23N3O3S2. The Hall–Kier alpha value is -2.00. The highest BCUT2D eigenvalue weighted by Gasteiger charge is 2.25. The summed E-state index contributed by atoms with van der Waals surface area (Å²) in [4.78, 5) is 14.3. The molecule has 2 aromatic carbocycles. The Morgan fingerprint density at radius 3 is 2.54 bits per heavy atom. The summed E-state index contributed by atoms with van der Waals surface area (Å²) in [5, 5.41) is 0. The maximum atomic E-state index is 12.8. The van der Waals surface area contributed by atoms with Gasteiger partial charge in [-0.3, -0.25) is 9.69 Å². The summed E-state index contributed by atoms with van der Waals surface area (Å²) in [6.07, 6.45) is 1.57. The van der Waals surface area contributed by atoms with E-state index in [1.54, 1.807) is 25.2 Å². The predicted molar refractivity (Wildman–Crippen MR) is 112 cm³/mol. The number of piperidine rings is 1. The summed E-state index contributed by atoms with van der Waals surface area (Å²) in [6, 6.07) is 15.1. The van der Waals surface area contributed by atoms with Crippen molar-refractivity contribution in [3.63, 3.8) is 0 Å². The summed E-state index contributed by atoms with van der Waals surface area (Å²) in [7, 11) is -1.91. The Labute approximate surface area is 168 Å². The highest BCUT2D eigenvalue weighted by molar-refractivity contribution is 7.89. The molecule has 0 radical (unpaired) electrons. The van der Waals surface area contributed by atoms with Gasteiger partial charge in [-0.2, -0.15) is 0 Å². The van der Waals surface area contributed by atoms with Gasteiger partial charge in [0, 0.05) is 32.7 Å².